The first-order valence-corrected chi connectivity index (χ1v) is 8.53. The molecule has 1 saturated carbocycles. The van der Waals surface area contributed by atoms with Crippen molar-refractivity contribution in [3.05, 3.63) is 29.8 Å². The minimum atomic E-state index is -3.48. The molecule has 1 fully saturated rings. The van der Waals surface area contributed by atoms with E-state index in [1.807, 2.05) is 6.92 Å². The zero-order valence-corrected chi connectivity index (χ0v) is 12.3. The van der Waals surface area contributed by atoms with Crippen LogP contribution in [0.15, 0.2) is 29.2 Å². The lowest BCUT2D eigenvalue weighted by Gasteiger charge is -2.18. The molecule has 0 aromatic heterocycles. The second-order valence-corrected chi connectivity index (χ2v) is 7.46. The molecule has 19 heavy (non-hydrogen) atoms. The van der Waals surface area contributed by atoms with E-state index in [1.165, 1.54) is 0 Å². The first kappa shape index (κ1) is 14.4. The molecule has 1 aliphatic carbocycles. The Labute approximate surface area is 118 Å². The minimum absolute atomic E-state index is 0.0604. The van der Waals surface area contributed by atoms with Crippen molar-refractivity contribution in [2.24, 2.45) is 0 Å². The molecule has 102 valence electrons. The molecule has 0 saturated heterocycles. The van der Waals surface area contributed by atoms with Crippen molar-refractivity contribution in [2.45, 2.75) is 42.4 Å². The number of thioether (sulfide) groups is 1. The summed E-state index contributed by atoms with van der Waals surface area (Å²) in [4.78, 5) is 0.283. The maximum absolute atomic E-state index is 12.2. The highest BCUT2D eigenvalue weighted by molar-refractivity contribution is 8.04. The number of hydrogen-bond donors (Lipinski definition) is 1. The maximum Gasteiger partial charge on any atom is 0.240 e. The van der Waals surface area contributed by atoms with Gasteiger partial charge in [-0.3, -0.25) is 0 Å². The van der Waals surface area contributed by atoms with Gasteiger partial charge in [0.25, 0.3) is 0 Å². The fourth-order valence-corrected chi connectivity index (χ4v) is 4.44. The van der Waals surface area contributed by atoms with Crippen LogP contribution in [-0.2, 0) is 10.0 Å². The lowest BCUT2D eigenvalue weighted by molar-refractivity contribution is 0.555. The zero-order chi connectivity index (χ0) is 13.9. The van der Waals surface area contributed by atoms with Crippen molar-refractivity contribution < 1.29 is 8.42 Å². The van der Waals surface area contributed by atoms with E-state index in [0.29, 0.717) is 0 Å². The molecule has 1 aromatic rings. The normalized spacial score (nSPS) is 23.2. The van der Waals surface area contributed by atoms with E-state index in [9.17, 15) is 8.42 Å². The molecular formula is C13H16N2O2S2. The van der Waals surface area contributed by atoms with Crippen molar-refractivity contribution >= 4 is 21.8 Å². The van der Waals surface area contributed by atoms with Gasteiger partial charge in [0.2, 0.25) is 10.0 Å². The maximum atomic E-state index is 12.2. The van der Waals surface area contributed by atoms with Crippen LogP contribution >= 0.6 is 11.8 Å². The van der Waals surface area contributed by atoms with E-state index in [-0.39, 0.29) is 16.2 Å². The van der Waals surface area contributed by atoms with E-state index >= 15 is 0 Å². The summed E-state index contributed by atoms with van der Waals surface area (Å²) in [5, 5.41) is 10.8. The average molecular weight is 296 g/mol. The average Bonchev–Trinajstić information content (AvgIpc) is 2.77. The Morgan fingerprint density at radius 3 is 2.63 bits per heavy atom. The number of nitrogens with one attached hydrogen (secondary N) is 1. The molecule has 0 spiro atoms. The molecule has 0 bridgehead atoms. The highest BCUT2D eigenvalue weighted by Crippen LogP contribution is 2.30. The highest BCUT2D eigenvalue weighted by Gasteiger charge is 2.31. The Morgan fingerprint density at radius 1 is 1.32 bits per heavy atom. The first-order valence-electron chi connectivity index (χ1n) is 6.16. The third kappa shape index (κ3) is 3.50. The van der Waals surface area contributed by atoms with Crippen LogP contribution in [0, 0.1) is 17.6 Å². The van der Waals surface area contributed by atoms with Crippen LogP contribution in [0.5, 0.6) is 0 Å². The smallest absolute Gasteiger partial charge is 0.207 e. The van der Waals surface area contributed by atoms with Gasteiger partial charge in [-0.1, -0.05) is 24.1 Å². The number of nitriles is 1. The number of hydrogen-bond acceptors (Lipinski definition) is 4. The van der Waals surface area contributed by atoms with Crippen LogP contribution in [0.25, 0.3) is 0 Å². The molecule has 2 rings (SSSR count). The molecule has 1 aliphatic rings. The van der Waals surface area contributed by atoms with Crippen molar-refractivity contribution in [2.75, 3.05) is 0 Å². The van der Waals surface area contributed by atoms with E-state index in [0.717, 1.165) is 36.6 Å². The van der Waals surface area contributed by atoms with Gasteiger partial charge in [0.1, 0.15) is 5.40 Å². The quantitative estimate of drug-likeness (QED) is 0.866. The standard InChI is InChI=1S/C13H16N2O2S2/c1-10-5-7-11(8-6-10)19(16,17)15-12-3-2-4-13(12)18-9-14/h5-8,12-13,15H,2-4H2,1H3/t12-,13-/m1/s1. The van der Waals surface area contributed by atoms with Crippen molar-refractivity contribution in [1.82, 2.24) is 4.72 Å². The Hall–Kier alpha value is -1.03. The number of benzene rings is 1. The number of nitrogens with zero attached hydrogens (tertiary/aromatic N) is 1. The number of sulfonamides is 1. The first-order chi connectivity index (χ1) is 9.03. The molecule has 0 amide bonds. The lowest BCUT2D eigenvalue weighted by atomic mass is 10.2. The van der Waals surface area contributed by atoms with E-state index in [4.69, 9.17) is 5.26 Å². The molecule has 6 heteroatoms. The largest absolute Gasteiger partial charge is 0.240 e. The molecule has 0 radical (unpaired) electrons. The van der Waals surface area contributed by atoms with E-state index < -0.39 is 10.0 Å². The molecule has 0 unspecified atom stereocenters. The third-order valence-electron chi connectivity index (χ3n) is 3.29. The van der Waals surface area contributed by atoms with Gasteiger partial charge in [-0.2, -0.15) is 5.26 Å². The van der Waals surface area contributed by atoms with Gasteiger partial charge in [0.05, 0.1) is 4.90 Å². The third-order valence-corrected chi connectivity index (χ3v) is 5.77. The molecule has 0 heterocycles. The van der Waals surface area contributed by atoms with Crippen LogP contribution in [0.2, 0.25) is 0 Å². The Morgan fingerprint density at radius 2 is 2.00 bits per heavy atom. The van der Waals surface area contributed by atoms with Crippen molar-refractivity contribution in [3.8, 4) is 5.40 Å². The summed E-state index contributed by atoms with van der Waals surface area (Å²) in [6.07, 6.45) is 2.64. The van der Waals surface area contributed by atoms with Gasteiger partial charge in [0.15, 0.2) is 0 Å². The van der Waals surface area contributed by atoms with Crippen LogP contribution in [0.4, 0.5) is 0 Å². The molecule has 1 aromatic carbocycles. The predicted octanol–water partition coefficient (Wildman–Crippen LogP) is 2.41. The Kier molecular flexibility index (Phi) is 4.50. The molecule has 4 nitrogen and oxygen atoms in total. The fraction of sp³-hybridized carbons (Fsp3) is 0.462. The predicted molar refractivity (Wildman–Crippen MR) is 76.1 cm³/mol. The van der Waals surface area contributed by atoms with Gasteiger partial charge >= 0.3 is 0 Å². The summed E-state index contributed by atoms with van der Waals surface area (Å²) < 4.78 is 27.2. The summed E-state index contributed by atoms with van der Waals surface area (Å²) in [5.41, 5.74) is 1.03. The number of aryl methyl sites for hydroxylation is 1. The van der Waals surface area contributed by atoms with Crippen LogP contribution in [-0.4, -0.2) is 19.7 Å². The fourth-order valence-electron chi connectivity index (χ4n) is 2.25. The Bertz CT molecular complexity index is 576. The van der Waals surface area contributed by atoms with Gasteiger partial charge in [-0.15, -0.1) is 0 Å². The zero-order valence-electron chi connectivity index (χ0n) is 10.7. The van der Waals surface area contributed by atoms with Crippen LogP contribution in [0.1, 0.15) is 24.8 Å². The van der Waals surface area contributed by atoms with E-state index in [2.05, 4.69) is 10.1 Å². The minimum Gasteiger partial charge on any atom is -0.207 e. The Balaban J connectivity index is 2.13. The van der Waals surface area contributed by atoms with Crippen molar-refractivity contribution in [3.63, 3.8) is 0 Å². The monoisotopic (exact) mass is 296 g/mol. The summed E-state index contributed by atoms with van der Waals surface area (Å²) in [6, 6.07) is 6.64. The van der Waals surface area contributed by atoms with Gasteiger partial charge in [0, 0.05) is 11.3 Å². The second-order valence-electron chi connectivity index (χ2n) is 4.72. The van der Waals surface area contributed by atoms with Crippen LogP contribution in [0.3, 0.4) is 0 Å². The molecule has 0 aliphatic heterocycles. The van der Waals surface area contributed by atoms with Crippen LogP contribution < -0.4 is 4.72 Å². The topological polar surface area (TPSA) is 70.0 Å². The second kappa shape index (κ2) is 5.95. The number of rotatable bonds is 4. The van der Waals surface area contributed by atoms with Gasteiger partial charge < -0.3 is 0 Å². The summed E-state index contributed by atoms with van der Waals surface area (Å²) in [6.45, 7) is 1.92. The summed E-state index contributed by atoms with van der Waals surface area (Å²) in [7, 11) is -3.48. The summed E-state index contributed by atoms with van der Waals surface area (Å²) >= 11 is 1.16. The lowest BCUT2D eigenvalue weighted by Crippen LogP contribution is -2.38. The number of thiocyanates is 1. The molecular weight excluding hydrogens is 280 g/mol. The molecule has 1 N–H and O–H groups in total. The van der Waals surface area contributed by atoms with Crippen molar-refractivity contribution in [1.29, 1.82) is 5.26 Å². The van der Waals surface area contributed by atoms with Gasteiger partial charge in [-0.25, -0.2) is 13.1 Å². The summed E-state index contributed by atoms with van der Waals surface area (Å²) in [5.74, 6) is 0. The molecule has 2 atom stereocenters. The van der Waals surface area contributed by atoms with Gasteiger partial charge in [-0.05, 0) is 43.7 Å². The van der Waals surface area contributed by atoms with E-state index in [1.54, 1.807) is 24.3 Å². The SMILES string of the molecule is Cc1ccc(S(=O)(=O)N[C@@H]2CCC[C@H]2SC#N)cc1. The highest BCUT2D eigenvalue weighted by atomic mass is 32.2.